The van der Waals surface area contributed by atoms with Crippen LogP contribution in [-0.2, 0) is 20.7 Å². The van der Waals surface area contributed by atoms with E-state index in [1.807, 2.05) is 30.3 Å². The third-order valence-electron chi connectivity index (χ3n) is 4.50. The molecule has 0 radical (unpaired) electrons. The van der Waals surface area contributed by atoms with Crippen LogP contribution in [0.5, 0.6) is 0 Å². The van der Waals surface area contributed by atoms with Crippen LogP contribution in [0.3, 0.4) is 0 Å². The molecule has 1 saturated heterocycles. The van der Waals surface area contributed by atoms with Crippen LogP contribution in [0, 0.1) is 0 Å². The zero-order valence-electron chi connectivity index (χ0n) is 15.5. The zero-order chi connectivity index (χ0) is 19.1. The lowest BCUT2D eigenvalue weighted by Crippen LogP contribution is -2.36. The van der Waals surface area contributed by atoms with Crippen LogP contribution < -0.4 is 10.2 Å². The lowest BCUT2D eigenvalue weighted by Gasteiger charge is -2.28. The molecule has 3 rings (SSSR count). The first-order valence-electron chi connectivity index (χ1n) is 9.11. The molecular weight excluding hydrogens is 346 g/mol. The van der Waals surface area contributed by atoms with E-state index in [1.165, 1.54) is 4.90 Å². The number of ether oxygens (including phenoxy) is 1. The van der Waals surface area contributed by atoms with Crippen molar-refractivity contribution in [3.05, 3.63) is 48.4 Å². The highest BCUT2D eigenvalue weighted by Crippen LogP contribution is 2.19. The molecule has 1 aliphatic rings. The Labute approximate surface area is 158 Å². The van der Waals surface area contributed by atoms with Crippen LogP contribution in [0.2, 0.25) is 0 Å². The standard InChI is InChI=1S/C20H25N3O4/c1-22(20(25)9-8-18-3-2-12-27-18)15-19(24)21-16-4-6-17(7-5-16)23-10-13-26-14-11-23/h2-7,12H,8-11,13-15H2,1H3,(H,21,24). The number of furan rings is 1. The van der Waals surface area contributed by atoms with Gasteiger partial charge in [-0.1, -0.05) is 0 Å². The minimum absolute atomic E-state index is 0.0161. The third-order valence-corrected chi connectivity index (χ3v) is 4.50. The average Bonchev–Trinajstić information content (AvgIpc) is 3.21. The predicted molar refractivity (Wildman–Crippen MR) is 103 cm³/mol. The number of amides is 2. The van der Waals surface area contributed by atoms with Gasteiger partial charge in [-0.05, 0) is 36.4 Å². The monoisotopic (exact) mass is 371 g/mol. The molecule has 0 spiro atoms. The normalized spacial score (nSPS) is 14.0. The van der Waals surface area contributed by atoms with Crippen molar-refractivity contribution in [1.82, 2.24) is 4.90 Å². The van der Waals surface area contributed by atoms with E-state index in [4.69, 9.17) is 9.15 Å². The fourth-order valence-corrected chi connectivity index (χ4v) is 2.96. The number of hydrogen-bond acceptors (Lipinski definition) is 5. The molecular formula is C20H25N3O4. The number of morpholine rings is 1. The van der Waals surface area contributed by atoms with Crippen molar-refractivity contribution in [2.24, 2.45) is 0 Å². The van der Waals surface area contributed by atoms with Gasteiger partial charge in [0.15, 0.2) is 0 Å². The molecule has 0 unspecified atom stereocenters. The summed E-state index contributed by atoms with van der Waals surface area (Å²) in [6.45, 7) is 3.23. The van der Waals surface area contributed by atoms with E-state index in [0.717, 1.165) is 37.8 Å². The van der Waals surface area contributed by atoms with Gasteiger partial charge in [-0.25, -0.2) is 0 Å². The van der Waals surface area contributed by atoms with E-state index in [2.05, 4.69) is 10.2 Å². The summed E-state index contributed by atoms with van der Waals surface area (Å²) < 4.78 is 10.6. The van der Waals surface area contributed by atoms with E-state index >= 15 is 0 Å². The first-order chi connectivity index (χ1) is 13.1. The van der Waals surface area contributed by atoms with Crippen molar-refractivity contribution in [2.75, 3.05) is 50.1 Å². The molecule has 1 N–H and O–H groups in total. The molecule has 7 nitrogen and oxygen atoms in total. The molecule has 7 heteroatoms. The molecule has 27 heavy (non-hydrogen) atoms. The molecule has 0 bridgehead atoms. The molecule has 2 heterocycles. The minimum atomic E-state index is -0.219. The lowest BCUT2D eigenvalue weighted by molar-refractivity contribution is -0.133. The summed E-state index contributed by atoms with van der Waals surface area (Å²) in [5.74, 6) is 0.453. The van der Waals surface area contributed by atoms with E-state index < -0.39 is 0 Å². The zero-order valence-corrected chi connectivity index (χ0v) is 15.5. The van der Waals surface area contributed by atoms with Crippen molar-refractivity contribution < 1.29 is 18.7 Å². The van der Waals surface area contributed by atoms with Crippen LogP contribution in [0.25, 0.3) is 0 Å². The molecule has 2 aromatic rings. The number of aryl methyl sites for hydroxylation is 1. The molecule has 1 aliphatic heterocycles. The van der Waals surface area contributed by atoms with Gasteiger partial charge in [0, 0.05) is 44.4 Å². The van der Waals surface area contributed by atoms with E-state index in [1.54, 1.807) is 19.4 Å². The van der Waals surface area contributed by atoms with Crippen LogP contribution in [0.15, 0.2) is 47.1 Å². The number of rotatable bonds is 7. The Morgan fingerprint density at radius 1 is 1.15 bits per heavy atom. The average molecular weight is 371 g/mol. The van der Waals surface area contributed by atoms with Crippen molar-refractivity contribution in [1.29, 1.82) is 0 Å². The summed E-state index contributed by atoms with van der Waals surface area (Å²) >= 11 is 0. The number of benzene rings is 1. The summed E-state index contributed by atoms with van der Waals surface area (Å²) in [7, 11) is 1.63. The highest BCUT2D eigenvalue weighted by Gasteiger charge is 2.14. The van der Waals surface area contributed by atoms with Crippen molar-refractivity contribution >= 4 is 23.2 Å². The summed E-state index contributed by atoms with van der Waals surface area (Å²) in [6, 6.07) is 11.4. The Bertz CT molecular complexity index is 737. The maximum Gasteiger partial charge on any atom is 0.243 e. The van der Waals surface area contributed by atoms with Gasteiger partial charge < -0.3 is 24.3 Å². The predicted octanol–water partition coefficient (Wildman–Crippen LogP) is 2.15. The molecule has 0 aliphatic carbocycles. The van der Waals surface area contributed by atoms with Crippen LogP contribution >= 0.6 is 0 Å². The molecule has 0 saturated carbocycles. The number of nitrogens with zero attached hydrogens (tertiary/aromatic N) is 2. The van der Waals surface area contributed by atoms with Crippen molar-refractivity contribution in [3.63, 3.8) is 0 Å². The minimum Gasteiger partial charge on any atom is -0.469 e. The molecule has 1 fully saturated rings. The molecule has 1 aromatic carbocycles. The number of carbonyl (C=O) groups is 2. The van der Waals surface area contributed by atoms with E-state index in [9.17, 15) is 9.59 Å². The van der Waals surface area contributed by atoms with Gasteiger partial charge in [0.25, 0.3) is 0 Å². The van der Waals surface area contributed by atoms with Gasteiger partial charge in [-0.3, -0.25) is 9.59 Å². The van der Waals surface area contributed by atoms with Gasteiger partial charge in [0.1, 0.15) is 5.76 Å². The fraction of sp³-hybridized carbons (Fsp3) is 0.400. The van der Waals surface area contributed by atoms with Crippen molar-refractivity contribution in [3.8, 4) is 0 Å². The van der Waals surface area contributed by atoms with Gasteiger partial charge in [-0.2, -0.15) is 0 Å². The number of nitrogens with one attached hydrogen (secondary N) is 1. The van der Waals surface area contributed by atoms with Gasteiger partial charge >= 0.3 is 0 Å². The Balaban J connectivity index is 1.44. The Morgan fingerprint density at radius 2 is 1.89 bits per heavy atom. The van der Waals surface area contributed by atoms with E-state index in [0.29, 0.717) is 18.5 Å². The first kappa shape index (κ1) is 19.0. The highest BCUT2D eigenvalue weighted by molar-refractivity contribution is 5.94. The quantitative estimate of drug-likeness (QED) is 0.807. The van der Waals surface area contributed by atoms with Crippen LogP contribution in [0.4, 0.5) is 11.4 Å². The summed E-state index contributed by atoms with van der Waals surface area (Å²) in [5, 5.41) is 2.83. The second-order valence-electron chi connectivity index (χ2n) is 6.52. The Kier molecular flexibility index (Phi) is 6.49. The topological polar surface area (TPSA) is 75.0 Å². The third kappa shape index (κ3) is 5.59. The van der Waals surface area contributed by atoms with Crippen LogP contribution in [-0.4, -0.2) is 56.6 Å². The number of hydrogen-bond donors (Lipinski definition) is 1. The summed E-state index contributed by atoms with van der Waals surface area (Å²) in [6.07, 6.45) is 2.42. The fourth-order valence-electron chi connectivity index (χ4n) is 2.96. The Hall–Kier alpha value is -2.80. The number of anilines is 2. The summed E-state index contributed by atoms with van der Waals surface area (Å²) in [5.41, 5.74) is 1.83. The van der Waals surface area contributed by atoms with Crippen molar-refractivity contribution in [2.45, 2.75) is 12.8 Å². The smallest absolute Gasteiger partial charge is 0.243 e. The highest BCUT2D eigenvalue weighted by atomic mass is 16.5. The SMILES string of the molecule is CN(CC(=O)Nc1ccc(N2CCOCC2)cc1)C(=O)CCc1ccco1. The molecule has 2 amide bonds. The second-order valence-corrected chi connectivity index (χ2v) is 6.52. The molecule has 0 atom stereocenters. The van der Waals surface area contributed by atoms with Crippen LogP contribution in [0.1, 0.15) is 12.2 Å². The lowest BCUT2D eigenvalue weighted by atomic mass is 10.2. The number of carbonyl (C=O) groups excluding carboxylic acids is 2. The molecule has 144 valence electrons. The van der Waals surface area contributed by atoms with E-state index in [-0.39, 0.29) is 18.4 Å². The first-order valence-corrected chi connectivity index (χ1v) is 9.11. The second kappa shape index (κ2) is 9.23. The van der Waals surface area contributed by atoms with Gasteiger partial charge in [0.05, 0.1) is 26.0 Å². The largest absolute Gasteiger partial charge is 0.469 e. The van der Waals surface area contributed by atoms with Gasteiger partial charge in [-0.15, -0.1) is 0 Å². The Morgan fingerprint density at radius 3 is 2.56 bits per heavy atom. The molecule has 1 aromatic heterocycles. The maximum absolute atomic E-state index is 12.2. The maximum atomic E-state index is 12.2. The number of likely N-dealkylation sites (N-methyl/N-ethyl adjacent to an activating group) is 1. The van der Waals surface area contributed by atoms with Gasteiger partial charge in [0.2, 0.25) is 11.8 Å². The summed E-state index contributed by atoms with van der Waals surface area (Å²) in [4.78, 5) is 28.0.